The van der Waals surface area contributed by atoms with Crippen molar-refractivity contribution in [2.45, 2.75) is 43.6 Å². The molecule has 1 saturated carbocycles. The molecular formula is C16H21FN2O. The van der Waals surface area contributed by atoms with Crippen LogP contribution in [0.3, 0.4) is 0 Å². The second kappa shape index (κ2) is 5.52. The molecule has 1 saturated heterocycles. The molecule has 1 unspecified atom stereocenters. The van der Waals surface area contributed by atoms with Gasteiger partial charge >= 0.3 is 0 Å². The fraction of sp³-hybridized carbons (Fsp3) is 0.562. The highest BCUT2D eigenvalue weighted by molar-refractivity contribution is 5.88. The van der Waals surface area contributed by atoms with Crippen LogP contribution >= 0.6 is 0 Å². The largest absolute Gasteiger partial charge is 0.351 e. The van der Waals surface area contributed by atoms with Crippen LogP contribution in [0.4, 0.5) is 4.39 Å². The molecule has 0 spiro atoms. The molecular weight excluding hydrogens is 255 g/mol. The van der Waals surface area contributed by atoms with Gasteiger partial charge in [0.25, 0.3) is 0 Å². The van der Waals surface area contributed by atoms with Gasteiger partial charge in [-0.3, -0.25) is 4.79 Å². The number of benzene rings is 1. The number of hydrogen-bond donors (Lipinski definition) is 2. The first kappa shape index (κ1) is 13.6. The van der Waals surface area contributed by atoms with Crippen LogP contribution in [0.1, 0.15) is 37.7 Å². The van der Waals surface area contributed by atoms with E-state index < -0.39 is 5.41 Å². The SMILES string of the molecule is O=C(NC1CCNC1)C1(c2ccc(F)cc2)CCCC1. The Labute approximate surface area is 118 Å². The maximum Gasteiger partial charge on any atom is 0.230 e. The van der Waals surface area contributed by atoms with E-state index in [2.05, 4.69) is 10.6 Å². The zero-order valence-electron chi connectivity index (χ0n) is 11.6. The highest BCUT2D eigenvalue weighted by atomic mass is 19.1. The summed E-state index contributed by atoms with van der Waals surface area (Å²) in [5, 5.41) is 6.44. The van der Waals surface area contributed by atoms with Crippen molar-refractivity contribution in [3.63, 3.8) is 0 Å². The Morgan fingerprint density at radius 1 is 1.25 bits per heavy atom. The van der Waals surface area contributed by atoms with E-state index in [0.717, 1.165) is 50.8 Å². The van der Waals surface area contributed by atoms with Gasteiger partial charge < -0.3 is 10.6 Å². The van der Waals surface area contributed by atoms with Crippen molar-refractivity contribution in [3.8, 4) is 0 Å². The smallest absolute Gasteiger partial charge is 0.230 e. The average Bonchev–Trinajstić information content (AvgIpc) is 3.10. The number of nitrogens with one attached hydrogen (secondary N) is 2. The van der Waals surface area contributed by atoms with Gasteiger partial charge in [-0.2, -0.15) is 0 Å². The van der Waals surface area contributed by atoms with Crippen molar-refractivity contribution in [3.05, 3.63) is 35.6 Å². The molecule has 0 radical (unpaired) electrons. The van der Waals surface area contributed by atoms with E-state index in [4.69, 9.17) is 0 Å². The van der Waals surface area contributed by atoms with E-state index in [0.29, 0.717) is 0 Å². The maximum absolute atomic E-state index is 13.1. The second-order valence-electron chi connectivity index (χ2n) is 5.96. The Morgan fingerprint density at radius 3 is 2.55 bits per heavy atom. The number of halogens is 1. The highest BCUT2D eigenvalue weighted by Gasteiger charge is 2.43. The van der Waals surface area contributed by atoms with Gasteiger partial charge in [-0.25, -0.2) is 4.39 Å². The lowest BCUT2D eigenvalue weighted by Crippen LogP contribution is -2.47. The van der Waals surface area contributed by atoms with Crippen LogP contribution in [0.2, 0.25) is 0 Å². The van der Waals surface area contributed by atoms with Crippen LogP contribution in [0.15, 0.2) is 24.3 Å². The number of hydrogen-bond acceptors (Lipinski definition) is 2. The Bertz CT molecular complexity index is 474. The summed E-state index contributed by atoms with van der Waals surface area (Å²) >= 11 is 0. The minimum atomic E-state index is -0.448. The highest BCUT2D eigenvalue weighted by Crippen LogP contribution is 2.41. The van der Waals surface area contributed by atoms with Crippen LogP contribution in [0, 0.1) is 5.82 Å². The van der Waals surface area contributed by atoms with Crippen LogP contribution in [0.5, 0.6) is 0 Å². The minimum absolute atomic E-state index is 0.121. The van der Waals surface area contributed by atoms with E-state index in [1.54, 1.807) is 12.1 Å². The number of amides is 1. The topological polar surface area (TPSA) is 41.1 Å². The van der Waals surface area contributed by atoms with E-state index in [1.807, 2.05) is 0 Å². The molecule has 1 amide bonds. The number of carbonyl (C=O) groups is 1. The third-order valence-electron chi connectivity index (χ3n) is 4.68. The molecule has 1 aliphatic carbocycles. The first-order valence-corrected chi connectivity index (χ1v) is 7.48. The van der Waals surface area contributed by atoms with Crippen molar-refractivity contribution in [2.75, 3.05) is 13.1 Å². The summed E-state index contributed by atoms with van der Waals surface area (Å²) in [7, 11) is 0. The Balaban J connectivity index is 1.83. The predicted octanol–water partition coefficient (Wildman–Crippen LogP) is 2.12. The summed E-state index contributed by atoms with van der Waals surface area (Å²) in [6, 6.07) is 6.69. The summed E-state index contributed by atoms with van der Waals surface area (Å²) in [5.41, 5.74) is 0.510. The van der Waals surface area contributed by atoms with Crippen molar-refractivity contribution >= 4 is 5.91 Å². The van der Waals surface area contributed by atoms with Gasteiger partial charge in [-0.15, -0.1) is 0 Å². The van der Waals surface area contributed by atoms with Gasteiger partial charge in [0.05, 0.1) is 5.41 Å². The molecule has 3 nitrogen and oxygen atoms in total. The zero-order valence-corrected chi connectivity index (χ0v) is 11.6. The molecule has 2 N–H and O–H groups in total. The molecule has 1 aliphatic heterocycles. The summed E-state index contributed by atoms with van der Waals surface area (Å²) < 4.78 is 13.1. The molecule has 2 fully saturated rings. The van der Waals surface area contributed by atoms with Crippen molar-refractivity contribution in [1.82, 2.24) is 10.6 Å². The molecule has 1 atom stereocenters. The van der Waals surface area contributed by atoms with Gasteiger partial charge in [0, 0.05) is 12.6 Å². The maximum atomic E-state index is 13.1. The quantitative estimate of drug-likeness (QED) is 0.888. The van der Waals surface area contributed by atoms with Gasteiger partial charge in [0.1, 0.15) is 5.82 Å². The molecule has 4 heteroatoms. The molecule has 1 aromatic rings. The van der Waals surface area contributed by atoms with Crippen molar-refractivity contribution < 1.29 is 9.18 Å². The molecule has 1 aromatic carbocycles. The fourth-order valence-electron chi connectivity index (χ4n) is 3.50. The van der Waals surface area contributed by atoms with Gasteiger partial charge in [-0.1, -0.05) is 25.0 Å². The van der Waals surface area contributed by atoms with Crippen LogP contribution in [-0.4, -0.2) is 25.0 Å². The van der Waals surface area contributed by atoms with Gasteiger partial charge in [0.2, 0.25) is 5.91 Å². The van der Waals surface area contributed by atoms with Crippen LogP contribution < -0.4 is 10.6 Å². The third-order valence-corrected chi connectivity index (χ3v) is 4.68. The van der Waals surface area contributed by atoms with Crippen molar-refractivity contribution in [2.24, 2.45) is 0 Å². The molecule has 20 heavy (non-hydrogen) atoms. The number of rotatable bonds is 3. The Morgan fingerprint density at radius 2 is 1.95 bits per heavy atom. The van der Waals surface area contributed by atoms with Crippen molar-refractivity contribution in [1.29, 1.82) is 0 Å². The first-order chi connectivity index (χ1) is 9.71. The third kappa shape index (κ3) is 2.44. The number of carbonyl (C=O) groups excluding carboxylic acids is 1. The lowest BCUT2D eigenvalue weighted by atomic mass is 9.77. The fourth-order valence-corrected chi connectivity index (χ4v) is 3.50. The first-order valence-electron chi connectivity index (χ1n) is 7.48. The summed E-state index contributed by atoms with van der Waals surface area (Å²) in [4.78, 5) is 12.8. The molecule has 3 rings (SSSR count). The molecule has 2 aliphatic rings. The zero-order chi connectivity index (χ0) is 14.0. The van der Waals surface area contributed by atoms with E-state index in [-0.39, 0.29) is 17.8 Å². The molecule has 0 bridgehead atoms. The average molecular weight is 276 g/mol. The Hall–Kier alpha value is -1.42. The molecule has 1 heterocycles. The Kier molecular flexibility index (Phi) is 3.74. The summed E-state index contributed by atoms with van der Waals surface area (Å²) in [6.45, 7) is 1.82. The van der Waals surface area contributed by atoms with Gasteiger partial charge in [-0.05, 0) is 43.5 Å². The lowest BCUT2D eigenvalue weighted by molar-refractivity contribution is -0.127. The second-order valence-corrected chi connectivity index (χ2v) is 5.96. The van der Waals surface area contributed by atoms with E-state index in [1.165, 1.54) is 12.1 Å². The van der Waals surface area contributed by atoms with E-state index in [9.17, 15) is 9.18 Å². The minimum Gasteiger partial charge on any atom is -0.351 e. The monoisotopic (exact) mass is 276 g/mol. The lowest BCUT2D eigenvalue weighted by Gasteiger charge is -2.30. The van der Waals surface area contributed by atoms with Gasteiger partial charge in [0.15, 0.2) is 0 Å². The van der Waals surface area contributed by atoms with Crippen LogP contribution in [-0.2, 0) is 10.2 Å². The van der Waals surface area contributed by atoms with Crippen LogP contribution in [0.25, 0.3) is 0 Å². The standard InChI is InChI=1S/C16H21FN2O/c17-13-5-3-12(4-6-13)16(8-1-2-9-16)15(20)19-14-7-10-18-11-14/h3-6,14,18H,1-2,7-11H2,(H,19,20). The predicted molar refractivity (Wildman–Crippen MR) is 76.0 cm³/mol. The molecule has 108 valence electrons. The van der Waals surface area contributed by atoms with E-state index >= 15 is 0 Å². The normalized spacial score (nSPS) is 24.8. The summed E-state index contributed by atoms with van der Waals surface area (Å²) in [6.07, 6.45) is 4.85. The molecule has 0 aromatic heterocycles. The summed E-state index contributed by atoms with van der Waals surface area (Å²) in [5.74, 6) is -0.127.